The standard InChI is InChI=1S/C16H21F3N2O/c1-3-15(8-5-9-20-15)14(22)21-11(2)12-6-4-7-13(10-12)16(17,18)19/h4,6-7,10-11,20H,3,5,8-9H2,1-2H3,(H,21,22). The monoisotopic (exact) mass is 314 g/mol. The van der Waals surface area contributed by atoms with Crippen molar-refractivity contribution >= 4 is 5.91 Å². The summed E-state index contributed by atoms with van der Waals surface area (Å²) in [6.07, 6.45) is -2.03. The Bertz CT molecular complexity index is 536. The van der Waals surface area contributed by atoms with Gasteiger partial charge in [0.2, 0.25) is 5.91 Å². The maximum atomic E-state index is 12.8. The fourth-order valence-electron chi connectivity index (χ4n) is 2.86. The number of halogens is 3. The highest BCUT2D eigenvalue weighted by Gasteiger charge is 2.39. The van der Waals surface area contributed by atoms with Gasteiger partial charge in [0, 0.05) is 0 Å². The lowest BCUT2D eigenvalue weighted by molar-refractivity contribution is -0.137. The minimum Gasteiger partial charge on any atom is -0.348 e. The van der Waals surface area contributed by atoms with Crippen LogP contribution in [0.3, 0.4) is 0 Å². The first-order valence-corrected chi connectivity index (χ1v) is 7.51. The van der Waals surface area contributed by atoms with E-state index in [2.05, 4.69) is 10.6 Å². The van der Waals surface area contributed by atoms with Crippen LogP contribution >= 0.6 is 0 Å². The first kappa shape index (κ1) is 16.8. The molecule has 122 valence electrons. The Hall–Kier alpha value is -1.56. The van der Waals surface area contributed by atoms with Crippen molar-refractivity contribution in [1.29, 1.82) is 0 Å². The molecule has 1 aromatic carbocycles. The number of carbonyl (C=O) groups is 1. The van der Waals surface area contributed by atoms with Gasteiger partial charge in [0.05, 0.1) is 17.1 Å². The van der Waals surface area contributed by atoms with Crippen LogP contribution in [0.25, 0.3) is 0 Å². The molecule has 6 heteroatoms. The minimum atomic E-state index is -4.38. The van der Waals surface area contributed by atoms with Crippen LogP contribution in [0.4, 0.5) is 13.2 Å². The molecule has 0 aromatic heterocycles. The molecule has 1 saturated heterocycles. The SMILES string of the molecule is CCC1(C(=O)NC(C)c2cccc(C(F)(F)F)c2)CCCN1. The molecule has 2 rings (SSSR count). The first-order chi connectivity index (χ1) is 10.3. The summed E-state index contributed by atoms with van der Waals surface area (Å²) in [5.74, 6) is -0.141. The van der Waals surface area contributed by atoms with Crippen molar-refractivity contribution < 1.29 is 18.0 Å². The van der Waals surface area contributed by atoms with E-state index in [-0.39, 0.29) is 5.91 Å². The highest BCUT2D eigenvalue weighted by atomic mass is 19.4. The van der Waals surface area contributed by atoms with Crippen molar-refractivity contribution in [1.82, 2.24) is 10.6 Å². The number of alkyl halides is 3. The summed E-state index contributed by atoms with van der Waals surface area (Å²) in [6.45, 7) is 4.43. The third kappa shape index (κ3) is 3.43. The largest absolute Gasteiger partial charge is 0.416 e. The highest BCUT2D eigenvalue weighted by molar-refractivity contribution is 5.87. The van der Waals surface area contributed by atoms with Crippen LogP contribution in [0.5, 0.6) is 0 Å². The molecular formula is C16H21F3N2O. The average Bonchev–Trinajstić information content (AvgIpc) is 2.96. The van der Waals surface area contributed by atoms with Crippen molar-refractivity contribution in [2.45, 2.75) is 50.9 Å². The van der Waals surface area contributed by atoms with Crippen LogP contribution in [-0.2, 0) is 11.0 Å². The van der Waals surface area contributed by atoms with Gasteiger partial charge in [-0.2, -0.15) is 13.2 Å². The third-order valence-electron chi connectivity index (χ3n) is 4.34. The minimum absolute atomic E-state index is 0.141. The molecule has 1 amide bonds. The molecule has 0 aliphatic carbocycles. The van der Waals surface area contributed by atoms with E-state index in [0.29, 0.717) is 12.0 Å². The fourth-order valence-corrected chi connectivity index (χ4v) is 2.86. The zero-order valence-electron chi connectivity index (χ0n) is 12.8. The van der Waals surface area contributed by atoms with Crippen molar-refractivity contribution in [3.63, 3.8) is 0 Å². The molecule has 3 nitrogen and oxygen atoms in total. The average molecular weight is 314 g/mol. The van der Waals surface area contributed by atoms with Crippen LogP contribution in [0, 0.1) is 0 Å². The molecule has 0 bridgehead atoms. The molecule has 2 N–H and O–H groups in total. The smallest absolute Gasteiger partial charge is 0.348 e. The Morgan fingerprint density at radius 3 is 2.73 bits per heavy atom. The molecule has 22 heavy (non-hydrogen) atoms. The lowest BCUT2D eigenvalue weighted by Gasteiger charge is -2.29. The Labute approximate surface area is 128 Å². The lowest BCUT2D eigenvalue weighted by Crippen LogP contribution is -2.53. The summed E-state index contributed by atoms with van der Waals surface area (Å²) in [5.41, 5.74) is -0.835. The first-order valence-electron chi connectivity index (χ1n) is 7.51. The second-order valence-corrected chi connectivity index (χ2v) is 5.78. The van der Waals surface area contributed by atoms with Gasteiger partial charge in [-0.25, -0.2) is 0 Å². The van der Waals surface area contributed by atoms with Crippen LogP contribution < -0.4 is 10.6 Å². The van der Waals surface area contributed by atoms with E-state index >= 15 is 0 Å². The van der Waals surface area contributed by atoms with Crippen LogP contribution in [-0.4, -0.2) is 18.0 Å². The molecule has 1 aliphatic heterocycles. The van der Waals surface area contributed by atoms with Gasteiger partial charge in [-0.1, -0.05) is 19.1 Å². The number of carbonyl (C=O) groups excluding carboxylic acids is 1. The van der Waals surface area contributed by atoms with Crippen molar-refractivity contribution in [3.8, 4) is 0 Å². The van der Waals surface area contributed by atoms with Gasteiger partial charge in [0.25, 0.3) is 0 Å². The predicted octanol–water partition coefficient (Wildman–Crippen LogP) is 3.41. The van der Waals surface area contributed by atoms with Crippen LogP contribution in [0.15, 0.2) is 24.3 Å². The zero-order chi connectivity index (χ0) is 16.4. The van der Waals surface area contributed by atoms with Crippen LogP contribution in [0.2, 0.25) is 0 Å². The normalized spacial score (nSPS) is 23.3. The number of hydrogen-bond acceptors (Lipinski definition) is 2. The van der Waals surface area contributed by atoms with Crippen molar-refractivity contribution in [2.24, 2.45) is 0 Å². The number of nitrogens with one attached hydrogen (secondary N) is 2. The van der Waals surface area contributed by atoms with Gasteiger partial charge in [0.15, 0.2) is 0 Å². The second-order valence-electron chi connectivity index (χ2n) is 5.78. The molecule has 2 atom stereocenters. The Balaban J connectivity index is 2.12. The maximum Gasteiger partial charge on any atom is 0.416 e. The Kier molecular flexibility index (Phi) is 4.80. The molecule has 1 aromatic rings. The van der Waals surface area contributed by atoms with E-state index in [9.17, 15) is 18.0 Å². The van der Waals surface area contributed by atoms with Gasteiger partial charge in [0.1, 0.15) is 0 Å². The molecule has 0 spiro atoms. The molecule has 2 unspecified atom stereocenters. The van der Waals surface area contributed by atoms with Gasteiger partial charge in [-0.05, 0) is 50.4 Å². The zero-order valence-corrected chi connectivity index (χ0v) is 12.8. The van der Waals surface area contributed by atoms with Crippen LogP contribution in [0.1, 0.15) is 50.3 Å². The van der Waals surface area contributed by atoms with E-state index in [0.717, 1.165) is 31.5 Å². The van der Waals surface area contributed by atoms with Gasteiger partial charge >= 0.3 is 6.18 Å². The summed E-state index contributed by atoms with van der Waals surface area (Å²) in [4.78, 5) is 12.5. The van der Waals surface area contributed by atoms with Gasteiger partial charge < -0.3 is 10.6 Å². The molecule has 1 fully saturated rings. The summed E-state index contributed by atoms with van der Waals surface area (Å²) >= 11 is 0. The summed E-state index contributed by atoms with van der Waals surface area (Å²) in [5, 5.41) is 6.06. The molecule has 1 heterocycles. The van der Waals surface area contributed by atoms with E-state index in [1.165, 1.54) is 6.07 Å². The Morgan fingerprint density at radius 1 is 1.45 bits per heavy atom. The topological polar surface area (TPSA) is 41.1 Å². The molecular weight excluding hydrogens is 293 g/mol. The number of rotatable bonds is 4. The van der Waals surface area contributed by atoms with E-state index < -0.39 is 23.3 Å². The van der Waals surface area contributed by atoms with E-state index in [4.69, 9.17) is 0 Å². The summed E-state index contributed by atoms with van der Waals surface area (Å²) in [6, 6.07) is 4.61. The predicted molar refractivity (Wildman–Crippen MR) is 78.3 cm³/mol. The second kappa shape index (κ2) is 6.28. The Morgan fingerprint density at radius 2 is 2.18 bits per heavy atom. The van der Waals surface area contributed by atoms with Crippen molar-refractivity contribution in [3.05, 3.63) is 35.4 Å². The quantitative estimate of drug-likeness (QED) is 0.894. The van der Waals surface area contributed by atoms with Crippen molar-refractivity contribution in [2.75, 3.05) is 6.54 Å². The summed E-state index contributed by atoms with van der Waals surface area (Å²) < 4.78 is 38.3. The lowest BCUT2D eigenvalue weighted by atomic mass is 9.92. The van der Waals surface area contributed by atoms with E-state index in [1.807, 2.05) is 6.92 Å². The molecule has 1 aliphatic rings. The molecule has 0 saturated carbocycles. The molecule has 0 radical (unpaired) electrons. The highest BCUT2D eigenvalue weighted by Crippen LogP contribution is 2.31. The third-order valence-corrected chi connectivity index (χ3v) is 4.34. The maximum absolute atomic E-state index is 12.8. The number of amides is 1. The number of benzene rings is 1. The van der Waals surface area contributed by atoms with Gasteiger partial charge in [-0.15, -0.1) is 0 Å². The van der Waals surface area contributed by atoms with E-state index in [1.54, 1.807) is 13.0 Å². The fraction of sp³-hybridized carbons (Fsp3) is 0.562. The van der Waals surface area contributed by atoms with Gasteiger partial charge in [-0.3, -0.25) is 4.79 Å². The summed E-state index contributed by atoms with van der Waals surface area (Å²) in [7, 11) is 0. The number of hydrogen-bond donors (Lipinski definition) is 2.